The molecular weight excluding hydrogens is 320 g/mol. The lowest BCUT2D eigenvalue weighted by molar-refractivity contribution is 0.351. The molecule has 2 saturated carbocycles. The number of hydrogen-bond donors (Lipinski definition) is 1. The number of hydrogen-bond acceptors (Lipinski definition) is 6. The minimum Gasteiger partial charge on any atom is -0.339 e. The molecule has 0 aromatic carbocycles. The van der Waals surface area contributed by atoms with Gasteiger partial charge in [0.25, 0.3) is 0 Å². The smallest absolute Gasteiger partial charge is 0.230 e. The van der Waals surface area contributed by atoms with Gasteiger partial charge in [-0.05, 0) is 48.8 Å². The van der Waals surface area contributed by atoms with Crippen LogP contribution in [-0.4, -0.2) is 15.1 Å². The number of nitrogens with zero attached hydrogens (tertiary/aromatic N) is 3. The van der Waals surface area contributed by atoms with Crippen molar-refractivity contribution in [3.05, 3.63) is 36.2 Å². The Morgan fingerprint density at radius 3 is 2.54 bits per heavy atom. The van der Waals surface area contributed by atoms with Crippen LogP contribution in [0.25, 0.3) is 0 Å². The summed E-state index contributed by atoms with van der Waals surface area (Å²) in [6.07, 6.45) is 11.1. The van der Waals surface area contributed by atoms with Gasteiger partial charge < -0.3 is 4.52 Å². The van der Waals surface area contributed by atoms with Crippen LogP contribution in [-0.2, 0) is 0 Å². The van der Waals surface area contributed by atoms with Crippen LogP contribution in [0.1, 0.15) is 75.9 Å². The van der Waals surface area contributed by atoms with Gasteiger partial charge in [0.2, 0.25) is 5.89 Å². The van der Waals surface area contributed by atoms with E-state index in [0.717, 1.165) is 16.6 Å². The average molecular weight is 346 g/mol. The molecule has 5 nitrogen and oxygen atoms in total. The van der Waals surface area contributed by atoms with Crippen molar-refractivity contribution < 1.29 is 4.52 Å². The summed E-state index contributed by atoms with van der Waals surface area (Å²) in [5.41, 5.74) is 0.385. The molecule has 1 unspecified atom stereocenters. The topological polar surface area (TPSA) is 77.8 Å². The monoisotopic (exact) mass is 346 g/mol. The Labute approximate surface area is 148 Å². The zero-order valence-corrected chi connectivity index (χ0v) is 15.3. The SMILES string of the molecule is CC1(C)CC1c1nc(C2CCCCC2)no1.NSc1cccnc1. The summed E-state index contributed by atoms with van der Waals surface area (Å²) in [4.78, 5) is 9.46. The third-order valence-corrected chi connectivity index (χ3v) is 5.52. The summed E-state index contributed by atoms with van der Waals surface area (Å²) >= 11 is 1.21. The second-order valence-electron chi connectivity index (χ2n) is 7.38. The summed E-state index contributed by atoms with van der Waals surface area (Å²) < 4.78 is 5.42. The van der Waals surface area contributed by atoms with Crippen molar-refractivity contribution in [3.63, 3.8) is 0 Å². The summed E-state index contributed by atoms with van der Waals surface area (Å²) in [6, 6.07) is 3.77. The molecule has 6 heteroatoms. The van der Waals surface area contributed by atoms with Crippen molar-refractivity contribution in [2.24, 2.45) is 10.6 Å². The molecule has 2 aromatic rings. The maximum Gasteiger partial charge on any atom is 0.230 e. The quantitative estimate of drug-likeness (QED) is 0.813. The Morgan fingerprint density at radius 1 is 1.25 bits per heavy atom. The summed E-state index contributed by atoms with van der Waals surface area (Å²) in [5, 5.41) is 9.41. The average Bonchev–Trinajstić information content (AvgIpc) is 3.04. The molecule has 0 aliphatic heterocycles. The number of rotatable bonds is 3. The first kappa shape index (κ1) is 17.4. The first-order valence-electron chi connectivity index (χ1n) is 8.70. The van der Waals surface area contributed by atoms with E-state index in [2.05, 4.69) is 29.0 Å². The molecule has 0 amide bonds. The number of pyridine rings is 1. The van der Waals surface area contributed by atoms with Crippen LogP contribution in [0.3, 0.4) is 0 Å². The molecule has 2 heterocycles. The van der Waals surface area contributed by atoms with E-state index in [1.54, 1.807) is 12.4 Å². The van der Waals surface area contributed by atoms with Crippen LogP contribution in [0.4, 0.5) is 0 Å². The molecule has 0 saturated heterocycles. The van der Waals surface area contributed by atoms with Gasteiger partial charge in [-0.15, -0.1) is 0 Å². The first-order chi connectivity index (χ1) is 11.6. The highest BCUT2D eigenvalue weighted by molar-refractivity contribution is 7.97. The highest BCUT2D eigenvalue weighted by atomic mass is 32.2. The van der Waals surface area contributed by atoms with E-state index in [1.165, 1.54) is 50.5 Å². The van der Waals surface area contributed by atoms with Crippen molar-refractivity contribution in [2.45, 2.75) is 69.1 Å². The fraction of sp³-hybridized carbons (Fsp3) is 0.611. The predicted octanol–water partition coefficient (Wildman–Crippen LogP) is 4.68. The predicted molar refractivity (Wildman–Crippen MR) is 95.5 cm³/mol. The minimum atomic E-state index is 0.385. The minimum absolute atomic E-state index is 0.385. The zero-order valence-electron chi connectivity index (χ0n) is 14.4. The van der Waals surface area contributed by atoms with Gasteiger partial charge >= 0.3 is 0 Å². The van der Waals surface area contributed by atoms with Crippen LogP contribution in [0.15, 0.2) is 33.9 Å². The summed E-state index contributed by atoms with van der Waals surface area (Å²) in [5.74, 6) is 2.92. The van der Waals surface area contributed by atoms with E-state index in [-0.39, 0.29) is 0 Å². The van der Waals surface area contributed by atoms with Crippen LogP contribution in [0.5, 0.6) is 0 Å². The lowest BCUT2D eigenvalue weighted by atomic mass is 9.89. The standard InChI is InChI=1S/C13H20N2O.C5H6N2S/c1-13(2)8-10(13)12-14-11(15-16-12)9-6-4-3-5-7-9;6-8-5-2-1-3-7-4-5/h9-10H,3-8H2,1-2H3;1-4H,6H2. The largest absolute Gasteiger partial charge is 0.339 e. The number of nitrogens with two attached hydrogens (primary N) is 1. The fourth-order valence-corrected chi connectivity index (χ4v) is 3.50. The Bertz CT molecular complexity index is 637. The van der Waals surface area contributed by atoms with Crippen molar-refractivity contribution >= 4 is 11.9 Å². The van der Waals surface area contributed by atoms with E-state index in [4.69, 9.17) is 9.66 Å². The van der Waals surface area contributed by atoms with E-state index in [0.29, 0.717) is 17.3 Å². The molecule has 130 valence electrons. The van der Waals surface area contributed by atoms with Gasteiger partial charge in [-0.1, -0.05) is 38.3 Å². The van der Waals surface area contributed by atoms with Gasteiger partial charge in [0.1, 0.15) is 0 Å². The molecule has 2 aliphatic rings. The van der Waals surface area contributed by atoms with Crippen LogP contribution >= 0.6 is 11.9 Å². The Kier molecular flexibility index (Phi) is 5.56. The van der Waals surface area contributed by atoms with E-state index >= 15 is 0 Å². The second kappa shape index (κ2) is 7.66. The fourth-order valence-electron chi connectivity index (χ4n) is 3.22. The first-order valence-corrected chi connectivity index (χ1v) is 9.58. The molecule has 0 bridgehead atoms. The number of aromatic nitrogens is 3. The molecule has 0 radical (unpaired) electrons. The van der Waals surface area contributed by atoms with Crippen molar-refractivity contribution in [1.82, 2.24) is 15.1 Å². The van der Waals surface area contributed by atoms with Gasteiger partial charge in [-0.3, -0.25) is 10.1 Å². The third-order valence-electron chi connectivity index (χ3n) is 5.01. The normalized spacial score (nSPS) is 22.5. The Hall–Kier alpha value is -1.40. The zero-order chi connectivity index (χ0) is 17.0. The molecular formula is C18H26N4OS. The highest BCUT2D eigenvalue weighted by Crippen LogP contribution is 2.58. The van der Waals surface area contributed by atoms with E-state index in [9.17, 15) is 0 Å². The van der Waals surface area contributed by atoms with Gasteiger partial charge in [-0.25, -0.2) is 0 Å². The van der Waals surface area contributed by atoms with Gasteiger partial charge in [0, 0.05) is 29.1 Å². The van der Waals surface area contributed by atoms with Crippen LogP contribution in [0, 0.1) is 5.41 Å². The molecule has 0 spiro atoms. The van der Waals surface area contributed by atoms with Crippen LogP contribution in [0.2, 0.25) is 0 Å². The van der Waals surface area contributed by atoms with Crippen molar-refractivity contribution in [3.8, 4) is 0 Å². The molecule has 24 heavy (non-hydrogen) atoms. The van der Waals surface area contributed by atoms with Crippen molar-refractivity contribution in [2.75, 3.05) is 0 Å². The second-order valence-corrected chi connectivity index (χ2v) is 8.08. The van der Waals surface area contributed by atoms with E-state index < -0.39 is 0 Å². The molecule has 2 aliphatic carbocycles. The molecule has 2 fully saturated rings. The maximum atomic E-state index is 5.42. The molecule has 2 aromatic heterocycles. The molecule has 4 rings (SSSR count). The van der Waals surface area contributed by atoms with Crippen molar-refractivity contribution in [1.29, 1.82) is 0 Å². The van der Waals surface area contributed by atoms with Gasteiger partial charge in [-0.2, -0.15) is 4.98 Å². The maximum absolute atomic E-state index is 5.42. The molecule has 2 N–H and O–H groups in total. The third kappa shape index (κ3) is 4.36. The lowest BCUT2D eigenvalue weighted by Gasteiger charge is -2.17. The summed E-state index contributed by atoms with van der Waals surface area (Å²) in [7, 11) is 0. The van der Waals surface area contributed by atoms with E-state index in [1.807, 2.05) is 12.1 Å². The van der Waals surface area contributed by atoms with Gasteiger partial charge in [0.05, 0.1) is 0 Å². The van der Waals surface area contributed by atoms with Crippen LogP contribution < -0.4 is 5.14 Å². The summed E-state index contributed by atoms with van der Waals surface area (Å²) in [6.45, 7) is 4.53. The highest BCUT2D eigenvalue weighted by Gasteiger charge is 2.50. The lowest BCUT2D eigenvalue weighted by Crippen LogP contribution is -2.06. The molecule has 1 atom stereocenters. The Morgan fingerprint density at radius 2 is 2.00 bits per heavy atom. The Balaban J connectivity index is 0.000000179. The van der Waals surface area contributed by atoms with Gasteiger partial charge in [0.15, 0.2) is 5.82 Å².